The molecule has 0 fully saturated rings. The van der Waals surface area contributed by atoms with E-state index >= 15 is 0 Å². The molecule has 1 heterocycles. The molecule has 1 aromatic heterocycles. The topological polar surface area (TPSA) is 126 Å². The van der Waals surface area contributed by atoms with Crippen LogP contribution in [0.3, 0.4) is 0 Å². The van der Waals surface area contributed by atoms with Crippen molar-refractivity contribution in [2.45, 2.75) is 0 Å². The van der Waals surface area contributed by atoms with E-state index in [4.69, 9.17) is 16.8 Å². The molecule has 7 nitrogen and oxygen atoms in total. The average Bonchev–Trinajstić information content (AvgIpc) is 2.40. The first-order valence-corrected chi connectivity index (χ1v) is 5.20. The maximum absolute atomic E-state index is 13.2. The van der Waals surface area contributed by atoms with Gasteiger partial charge in [-0.15, -0.1) is 0 Å². The molecule has 0 atom stereocenters. The van der Waals surface area contributed by atoms with Crippen LogP contribution in [0.1, 0.15) is 5.56 Å². The van der Waals surface area contributed by atoms with Crippen molar-refractivity contribution in [2.75, 3.05) is 16.5 Å². The minimum atomic E-state index is -0.584. The van der Waals surface area contributed by atoms with E-state index in [1.54, 1.807) is 6.07 Å². The zero-order valence-corrected chi connectivity index (χ0v) is 9.68. The molecule has 0 aliphatic heterocycles. The number of rotatable bonds is 3. The lowest BCUT2D eigenvalue weighted by Crippen LogP contribution is -2.11. The molecule has 6 N–H and O–H groups in total. The summed E-state index contributed by atoms with van der Waals surface area (Å²) in [5.74, 6) is 5.38. The lowest BCUT2D eigenvalue weighted by Gasteiger charge is -2.08. The Labute approximate surface area is 108 Å². The summed E-state index contributed by atoms with van der Waals surface area (Å²) in [6.07, 6.45) is 0. The quantitative estimate of drug-likeness (QED) is 0.480. The normalized spacial score (nSPS) is 9.74. The molecule has 8 heteroatoms. The number of halogens is 1. The molecule has 0 radical (unpaired) electrons. The van der Waals surface area contributed by atoms with Crippen LogP contribution in [-0.4, -0.2) is 9.97 Å². The molecule has 0 amide bonds. The van der Waals surface area contributed by atoms with E-state index in [0.717, 1.165) is 0 Å². The molecule has 0 aliphatic rings. The molecule has 19 heavy (non-hydrogen) atoms. The van der Waals surface area contributed by atoms with Gasteiger partial charge in [-0.2, -0.15) is 15.2 Å². The molecule has 0 saturated carbocycles. The predicted octanol–water partition coefficient (Wildman–Crippen LogP) is 1.10. The number of hydrogen-bond donors (Lipinski definition) is 4. The van der Waals surface area contributed by atoms with E-state index in [0.29, 0.717) is 17.3 Å². The number of hydrogen-bond acceptors (Lipinski definition) is 7. The number of nitrogens with one attached hydrogen (secondary N) is 2. The number of hydrazine groups is 1. The van der Waals surface area contributed by atoms with Crippen molar-refractivity contribution < 1.29 is 4.39 Å². The first-order valence-electron chi connectivity index (χ1n) is 5.20. The van der Waals surface area contributed by atoms with Gasteiger partial charge in [0, 0.05) is 11.8 Å². The number of nitriles is 1. The van der Waals surface area contributed by atoms with Gasteiger partial charge in [-0.25, -0.2) is 10.2 Å². The minimum Gasteiger partial charge on any atom is -0.368 e. The molecule has 96 valence electrons. The molecular weight excluding hydrogens is 249 g/mol. The summed E-state index contributed by atoms with van der Waals surface area (Å²) >= 11 is 0. The van der Waals surface area contributed by atoms with E-state index in [2.05, 4.69) is 20.7 Å². The van der Waals surface area contributed by atoms with Crippen LogP contribution in [0.25, 0.3) is 0 Å². The highest BCUT2D eigenvalue weighted by Gasteiger charge is 2.05. The predicted molar refractivity (Wildman–Crippen MR) is 68.7 cm³/mol. The summed E-state index contributed by atoms with van der Waals surface area (Å²) in [5.41, 5.74) is 8.27. The van der Waals surface area contributed by atoms with Gasteiger partial charge in [-0.3, -0.25) is 0 Å². The number of aromatic nitrogens is 2. The Bertz CT molecular complexity index is 650. The fourth-order valence-electron chi connectivity index (χ4n) is 1.44. The zero-order valence-electron chi connectivity index (χ0n) is 9.68. The van der Waals surface area contributed by atoms with E-state index in [-0.39, 0.29) is 11.5 Å². The van der Waals surface area contributed by atoms with Crippen molar-refractivity contribution in [3.63, 3.8) is 0 Å². The number of anilines is 4. The van der Waals surface area contributed by atoms with Crippen LogP contribution >= 0.6 is 0 Å². The molecule has 2 rings (SSSR count). The van der Waals surface area contributed by atoms with Crippen molar-refractivity contribution in [1.29, 1.82) is 5.26 Å². The van der Waals surface area contributed by atoms with Crippen LogP contribution in [-0.2, 0) is 0 Å². The Morgan fingerprint density at radius 2 is 1.95 bits per heavy atom. The maximum atomic E-state index is 13.2. The number of benzene rings is 1. The van der Waals surface area contributed by atoms with Gasteiger partial charge in [-0.1, -0.05) is 0 Å². The number of nitrogen functional groups attached to an aromatic ring is 2. The molecule has 2 aromatic rings. The van der Waals surface area contributed by atoms with Gasteiger partial charge in [0.25, 0.3) is 0 Å². The van der Waals surface area contributed by atoms with Gasteiger partial charge in [0.2, 0.25) is 5.95 Å². The Morgan fingerprint density at radius 1 is 1.21 bits per heavy atom. The Hall–Kier alpha value is -2.92. The SMILES string of the molecule is N#Cc1cc(Nc2cc(NN)nc(N)n2)ccc1F. The maximum Gasteiger partial charge on any atom is 0.223 e. The van der Waals surface area contributed by atoms with Gasteiger partial charge < -0.3 is 16.5 Å². The van der Waals surface area contributed by atoms with Crippen molar-refractivity contribution in [3.05, 3.63) is 35.6 Å². The molecule has 1 aromatic carbocycles. The van der Waals surface area contributed by atoms with Crippen LogP contribution < -0.4 is 22.3 Å². The summed E-state index contributed by atoms with van der Waals surface area (Å²) in [7, 11) is 0. The van der Waals surface area contributed by atoms with E-state index in [1.165, 1.54) is 24.3 Å². The third kappa shape index (κ3) is 2.85. The first-order chi connectivity index (χ1) is 9.12. The van der Waals surface area contributed by atoms with Crippen LogP contribution in [0.4, 0.5) is 27.7 Å². The van der Waals surface area contributed by atoms with E-state index in [9.17, 15) is 4.39 Å². The van der Waals surface area contributed by atoms with Crippen LogP contribution in [0.15, 0.2) is 24.3 Å². The second kappa shape index (κ2) is 5.16. The van der Waals surface area contributed by atoms with E-state index in [1.807, 2.05) is 0 Å². The van der Waals surface area contributed by atoms with Gasteiger partial charge in [0.1, 0.15) is 23.5 Å². The fourth-order valence-corrected chi connectivity index (χ4v) is 1.44. The van der Waals surface area contributed by atoms with Crippen molar-refractivity contribution >= 4 is 23.3 Å². The monoisotopic (exact) mass is 259 g/mol. The Kier molecular flexibility index (Phi) is 3.40. The number of nitrogens with two attached hydrogens (primary N) is 2. The highest BCUT2D eigenvalue weighted by Crippen LogP contribution is 2.20. The zero-order chi connectivity index (χ0) is 13.8. The summed E-state index contributed by atoms with van der Waals surface area (Å²) < 4.78 is 13.2. The van der Waals surface area contributed by atoms with Crippen LogP contribution in [0.2, 0.25) is 0 Å². The lowest BCUT2D eigenvalue weighted by atomic mass is 10.2. The summed E-state index contributed by atoms with van der Waals surface area (Å²) in [6.45, 7) is 0. The first kappa shape index (κ1) is 12.5. The Balaban J connectivity index is 2.31. The second-order valence-corrected chi connectivity index (χ2v) is 3.57. The molecule has 0 bridgehead atoms. The van der Waals surface area contributed by atoms with Crippen molar-refractivity contribution in [2.24, 2.45) is 5.84 Å². The third-order valence-corrected chi connectivity index (χ3v) is 2.25. The summed E-state index contributed by atoms with van der Waals surface area (Å²) in [5, 5.41) is 11.6. The molecular formula is C11H10FN7. The molecule has 0 saturated heterocycles. The summed E-state index contributed by atoms with van der Waals surface area (Å²) in [4.78, 5) is 7.76. The molecule has 0 spiro atoms. The fraction of sp³-hybridized carbons (Fsp3) is 0. The van der Waals surface area contributed by atoms with Gasteiger partial charge in [0.05, 0.1) is 5.56 Å². The smallest absolute Gasteiger partial charge is 0.223 e. The van der Waals surface area contributed by atoms with Gasteiger partial charge in [0.15, 0.2) is 0 Å². The van der Waals surface area contributed by atoms with Gasteiger partial charge in [-0.05, 0) is 18.2 Å². The Morgan fingerprint density at radius 3 is 2.63 bits per heavy atom. The third-order valence-electron chi connectivity index (χ3n) is 2.25. The lowest BCUT2D eigenvalue weighted by molar-refractivity contribution is 0.624. The van der Waals surface area contributed by atoms with Gasteiger partial charge >= 0.3 is 0 Å². The van der Waals surface area contributed by atoms with Crippen molar-refractivity contribution in [3.8, 4) is 6.07 Å². The molecule has 0 aliphatic carbocycles. The molecule has 0 unspecified atom stereocenters. The average molecular weight is 259 g/mol. The van der Waals surface area contributed by atoms with Crippen LogP contribution in [0, 0.1) is 17.1 Å². The summed E-state index contributed by atoms with van der Waals surface area (Å²) in [6, 6.07) is 7.30. The second-order valence-electron chi connectivity index (χ2n) is 3.57. The number of nitrogens with zero attached hydrogens (tertiary/aromatic N) is 3. The van der Waals surface area contributed by atoms with E-state index < -0.39 is 5.82 Å². The largest absolute Gasteiger partial charge is 0.368 e. The van der Waals surface area contributed by atoms with Crippen LogP contribution in [0.5, 0.6) is 0 Å². The highest BCUT2D eigenvalue weighted by atomic mass is 19.1. The van der Waals surface area contributed by atoms with Crippen molar-refractivity contribution in [1.82, 2.24) is 9.97 Å². The highest BCUT2D eigenvalue weighted by molar-refractivity contribution is 5.62. The standard InChI is InChI=1S/C11H10FN7/c12-8-2-1-7(3-6(8)5-13)16-9-4-10(19-15)18-11(14)17-9/h1-4H,15H2,(H4,14,16,17,18,19). The minimum absolute atomic E-state index is 0.0283.